The number of aryl methyl sites for hydroxylation is 2. The van der Waals surface area contributed by atoms with Gasteiger partial charge in [0.15, 0.2) is 0 Å². The first-order chi connectivity index (χ1) is 8.60. The predicted molar refractivity (Wildman–Crippen MR) is 71.9 cm³/mol. The topological polar surface area (TPSA) is 48.4 Å². The monoisotopic (exact) mass is 265 g/mol. The molecule has 2 N–H and O–H groups in total. The lowest BCUT2D eigenvalue weighted by Crippen LogP contribution is -1.96. The molecule has 96 valence electrons. The fourth-order valence-electron chi connectivity index (χ4n) is 1.71. The minimum absolute atomic E-state index is 0.395. The van der Waals surface area contributed by atoms with Crippen LogP contribution in [0.2, 0.25) is 5.02 Å². The molecule has 0 radical (unpaired) electrons. The van der Waals surface area contributed by atoms with E-state index in [-0.39, 0.29) is 0 Å². The molecule has 2 rings (SSSR count). The molecule has 0 saturated heterocycles. The number of halogens is 1. The zero-order valence-electron chi connectivity index (χ0n) is 10.5. The van der Waals surface area contributed by atoms with E-state index in [2.05, 4.69) is 0 Å². The van der Waals surface area contributed by atoms with Gasteiger partial charge in [0.05, 0.1) is 11.6 Å². The number of ether oxygens (including phenoxy) is 1. The Balaban J connectivity index is 2.08. The molecular formula is C14H16ClNO2. The summed E-state index contributed by atoms with van der Waals surface area (Å²) in [6.45, 7) is 4.71. The van der Waals surface area contributed by atoms with Crippen molar-refractivity contribution in [2.45, 2.75) is 27.0 Å². The molecule has 0 spiro atoms. The summed E-state index contributed by atoms with van der Waals surface area (Å²) in [5.41, 5.74) is 7.63. The van der Waals surface area contributed by atoms with E-state index in [4.69, 9.17) is 26.5 Å². The summed E-state index contributed by atoms with van der Waals surface area (Å²) in [5, 5.41) is 0.621. The molecule has 0 bridgehead atoms. The standard InChI is InChI=1S/C14H16ClNO2/c1-9-3-4-14(13(15)5-9)17-8-11-6-12(7-16)18-10(11)2/h3-6H,7-8,16H2,1-2H3. The highest BCUT2D eigenvalue weighted by Gasteiger charge is 2.08. The van der Waals surface area contributed by atoms with E-state index in [9.17, 15) is 0 Å². The Labute approximate surface area is 111 Å². The highest BCUT2D eigenvalue weighted by molar-refractivity contribution is 6.32. The van der Waals surface area contributed by atoms with Gasteiger partial charge < -0.3 is 14.9 Å². The number of hydrogen-bond donors (Lipinski definition) is 1. The van der Waals surface area contributed by atoms with E-state index in [1.807, 2.05) is 38.1 Å². The van der Waals surface area contributed by atoms with Crippen LogP contribution in [0, 0.1) is 13.8 Å². The Hall–Kier alpha value is -1.45. The zero-order chi connectivity index (χ0) is 13.1. The van der Waals surface area contributed by atoms with Gasteiger partial charge in [-0.25, -0.2) is 0 Å². The van der Waals surface area contributed by atoms with E-state index in [0.29, 0.717) is 23.9 Å². The highest BCUT2D eigenvalue weighted by Crippen LogP contribution is 2.26. The summed E-state index contributed by atoms with van der Waals surface area (Å²) in [6.07, 6.45) is 0. The van der Waals surface area contributed by atoms with Crippen LogP contribution in [0.4, 0.5) is 0 Å². The van der Waals surface area contributed by atoms with Crippen molar-refractivity contribution in [2.24, 2.45) is 5.73 Å². The first-order valence-corrected chi connectivity index (χ1v) is 6.15. The molecule has 2 aromatic rings. The fraction of sp³-hybridized carbons (Fsp3) is 0.286. The van der Waals surface area contributed by atoms with Crippen LogP contribution in [0.3, 0.4) is 0 Å². The van der Waals surface area contributed by atoms with E-state index < -0.39 is 0 Å². The maximum absolute atomic E-state index is 6.10. The van der Waals surface area contributed by atoms with Gasteiger partial charge in [0.2, 0.25) is 0 Å². The van der Waals surface area contributed by atoms with Crippen molar-refractivity contribution < 1.29 is 9.15 Å². The lowest BCUT2D eigenvalue weighted by molar-refractivity contribution is 0.303. The summed E-state index contributed by atoms with van der Waals surface area (Å²) in [7, 11) is 0. The molecule has 18 heavy (non-hydrogen) atoms. The molecule has 0 aliphatic rings. The second-order valence-corrected chi connectivity index (χ2v) is 4.63. The lowest BCUT2D eigenvalue weighted by Gasteiger charge is -2.07. The Morgan fingerprint density at radius 3 is 2.67 bits per heavy atom. The molecule has 1 heterocycles. The van der Waals surface area contributed by atoms with Crippen LogP contribution in [0.1, 0.15) is 22.6 Å². The molecule has 0 atom stereocenters. The van der Waals surface area contributed by atoms with Crippen molar-refractivity contribution in [2.75, 3.05) is 0 Å². The molecule has 0 aliphatic heterocycles. The smallest absolute Gasteiger partial charge is 0.138 e. The maximum Gasteiger partial charge on any atom is 0.138 e. The first-order valence-electron chi connectivity index (χ1n) is 5.77. The van der Waals surface area contributed by atoms with E-state index >= 15 is 0 Å². The average Bonchev–Trinajstić information content (AvgIpc) is 2.69. The van der Waals surface area contributed by atoms with E-state index in [1.54, 1.807) is 0 Å². The van der Waals surface area contributed by atoms with Gasteiger partial charge in [-0.1, -0.05) is 17.7 Å². The predicted octanol–water partition coefficient (Wildman–Crippen LogP) is 3.59. The molecule has 0 fully saturated rings. The second-order valence-electron chi connectivity index (χ2n) is 4.22. The number of rotatable bonds is 4. The van der Waals surface area contributed by atoms with E-state index in [0.717, 1.165) is 22.6 Å². The van der Waals surface area contributed by atoms with Crippen LogP contribution in [0.15, 0.2) is 28.7 Å². The number of furan rings is 1. The molecule has 1 aromatic carbocycles. The molecular weight excluding hydrogens is 250 g/mol. The van der Waals surface area contributed by atoms with Crippen molar-refractivity contribution in [3.8, 4) is 5.75 Å². The molecule has 0 unspecified atom stereocenters. The van der Waals surface area contributed by atoms with Crippen molar-refractivity contribution in [3.63, 3.8) is 0 Å². The molecule has 4 heteroatoms. The van der Waals surface area contributed by atoms with Gasteiger partial charge in [0.25, 0.3) is 0 Å². The van der Waals surface area contributed by atoms with Crippen LogP contribution in [0.5, 0.6) is 5.75 Å². The number of hydrogen-bond acceptors (Lipinski definition) is 3. The number of nitrogens with two attached hydrogens (primary N) is 1. The third-order valence-corrected chi connectivity index (χ3v) is 3.04. The van der Waals surface area contributed by atoms with Crippen molar-refractivity contribution in [1.82, 2.24) is 0 Å². The van der Waals surface area contributed by atoms with Crippen molar-refractivity contribution >= 4 is 11.6 Å². The quantitative estimate of drug-likeness (QED) is 0.919. The molecule has 0 aliphatic carbocycles. The van der Waals surface area contributed by atoms with E-state index in [1.165, 1.54) is 0 Å². The van der Waals surface area contributed by atoms with Crippen LogP contribution >= 0.6 is 11.6 Å². The van der Waals surface area contributed by atoms with Crippen LogP contribution in [-0.2, 0) is 13.2 Å². The summed E-state index contributed by atoms with van der Waals surface area (Å²) in [4.78, 5) is 0. The molecule has 0 amide bonds. The van der Waals surface area contributed by atoms with Gasteiger partial charge in [0.1, 0.15) is 23.9 Å². The summed E-state index contributed by atoms with van der Waals surface area (Å²) in [5.74, 6) is 2.27. The molecule has 1 aromatic heterocycles. The van der Waals surface area contributed by atoms with Gasteiger partial charge in [-0.05, 0) is 37.6 Å². The first kappa shape index (κ1) is 13.0. The molecule has 3 nitrogen and oxygen atoms in total. The summed E-state index contributed by atoms with van der Waals surface area (Å²) >= 11 is 6.10. The van der Waals surface area contributed by atoms with Crippen molar-refractivity contribution in [1.29, 1.82) is 0 Å². The summed E-state index contributed by atoms with van der Waals surface area (Å²) in [6, 6.07) is 7.63. The van der Waals surface area contributed by atoms with Gasteiger partial charge in [-0.3, -0.25) is 0 Å². The fourth-order valence-corrected chi connectivity index (χ4v) is 2.00. The average molecular weight is 266 g/mol. The third-order valence-electron chi connectivity index (χ3n) is 2.74. The SMILES string of the molecule is Cc1ccc(OCc2cc(CN)oc2C)c(Cl)c1. The van der Waals surface area contributed by atoms with Gasteiger partial charge >= 0.3 is 0 Å². The van der Waals surface area contributed by atoms with Crippen LogP contribution < -0.4 is 10.5 Å². The Kier molecular flexibility index (Phi) is 3.94. The maximum atomic E-state index is 6.10. The minimum atomic E-state index is 0.395. The van der Waals surface area contributed by atoms with Crippen LogP contribution in [-0.4, -0.2) is 0 Å². The second kappa shape index (κ2) is 5.46. The normalized spacial score (nSPS) is 10.7. The Bertz CT molecular complexity index is 549. The zero-order valence-corrected chi connectivity index (χ0v) is 11.3. The summed E-state index contributed by atoms with van der Waals surface area (Å²) < 4.78 is 11.1. The Morgan fingerprint density at radius 1 is 1.28 bits per heavy atom. The van der Waals surface area contributed by atoms with Crippen LogP contribution in [0.25, 0.3) is 0 Å². The third kappa shape index (κ3) is 2.86. The van der Waals surface area contributed by atoms with Crippen molar-refractivity contribution in [3.05, 3.63) is 51.9 Å². The molecule has 0 saturated carbocycles. The largest absolute Gasteiger partial charge is 0.487 e. The van der Waals surface area contributed by atoms with Gasteiger partial charge in [-0.15, -0.1) is 0 Å². The Morgan fingerprint density at radius 2 is 2.06 bits per heavy atom. The van der Waals surface area contributed by atoms with Gasteiger partial charge in [0, 0.05) is 5.56 Å². The number of benzene rings is 1. The lowest BCUT2D eigenvalue weighted by atomic mass is 10.2. The highest BCUT2D eigenvalue weighted by atomic mass is 35.5. The minimum Gasteiger partial charge on any atom is -0.487 e. The van der Waals surface area contributed by atoms with Gasteiger partial charge in [-0.2, -0.15) is 0 Å².